The lowest BCUT2D eigenvalue weighted by atomic mass is 10.0. The van der Waals surface area contributed by atoms with Crippen LogP contribution in [0, 0.1) is 0 Å². The maximum atomic E-state index is 11.7. The molecule has 1 atom stereocenters. The van der Waals surface area contributed by atoms with Gasteiger partial charge in [-0.05, 0) is 53.4 Å². The van der Waals surface area contributed by atoms with Gasteiger partial charge < -0.3 is 15.7 Å². The summed E-state index contributed by atoms with van der Waals surface area (Å²) in [7, 11) is 0. The Morgan fingerprint density at radius 3 is 2.53 bits per heavy atom. The number of anilines is 1. The molecule has 0 bridgehead atoms. The summed E-state index contributed by atoms with van der Waals surface area (Å²) in [4.78, 5) is 15.7. The van der Waals surface area contributed by atoms with Gasteiger partial charge in [-0.15, -0.1) is 0 Å². The Morgan fingerprint density at radius 1 is 1.00 bits per heavy atom. The number of carboxylic acid groups (broad SMARTS) is 1. The van der Waals surface area contributed by atoms with Crippen molar-refractivity contribution in [3.8, 4) is 11.1 Å². The molecule has 0 radical (unpaired) electrons. The molecular formula is C25H25N5O2. The summed E-state index contributed by atoms with van der Waals surface area (Å²) in [6, 6.07) is 19.5. The molecule has 0 amide bonds. The summed E-state index contributed by atoms with van der Waals surface area (Å²) < 4.78 is 0. The standard InChI is InChI=1S/C25H25N5O2/c31-25(32)22-11-21(20-6-8-26-9-7-20)12-23(13-22)28-17-24(10-18-4-2-1-3-5-18)27-14-19-15-29-30-16-19/h1-9,11-13,15-16,24,27-28H,10,14,17H2,(H,29,30)(H,31,32). The highest BCUT2D eigenvalue weighted by Crippen LogP contribution is 2.25. The molecule has 2 aromatic heterocycles. The van der Waals surface area contributed by atoms with Gasteiger partial charge in [0.1, 0.15) is 0 Å². The van der Waals surface area contributed by atoms with E-state index < -0.39 is 5.97 Å². The number of carboxylic acids is 1. The molecule has 162 valence electrons. The highest BCUT2D eigenvalue weighted by atomic mass is 16.4. The summed E-state index contributed by atoms with van der Waals surface area (Å²) in [5, 5.41) is 23.4. The van der Waals surface area contributed by atoms with Gasteiger partial charge in [-0.3, -0.25) is 10.1 Å². The molecule has 0 aliphatic rings. The van der Waals surface area contributed by atoms with Crippen molar-refractivity contribution in [3.63, 3.8) is 0 Å². The maximum Gasteiger partial charge on any atom is 0.335 e. The van der Waals surface area contributed by atoms with E-state index in [9.17, 15) is 9.90 Å². The highest BCUT2D eigenvalue weighted by molar-refractivity contribution is 5.91. The molecule has 7 heteroatoms. The van der Waals surface area contributed by atoms with Crippen LogP contribution in [-0.4, -0.2) is 38.8 Å². The van der Waals surface area contributed by atoms with Crippen molar-refractivity contribution >= 4 is 11.7 Å². The van der Waals surface area contributed by atoms with E-state index in [4.69, 9.17) is 0 Å². The van der Waals surface area contributed by atoms with Crippen molar-refractivity contribution in [1.82, 2.24) is 20.5 Å². The van der Waals surface area contributed by atoms with Gasteiger partial charge in [-0.1, -0.05) is 30.3 Å². The molecule has 32 heavy (non-hydrogen) atoms. The van der Waals surface area contributed by atoms with E-state index in [2.05, 4.69) is 37.9 Å². The summed E-state index contributed by atoms with van der Waals surface area (Å²) in [6.07, 6.45) is 7.91. The van der Waals surface area contributed by atoms with E-state index in [1.807, 2.05) is 42.6 Å². The number of hydrogen-bond acceptors (Lipinski definition) is 5. The fourth-order valence-corrected chi connectivity index (χ4v) is 3.56. The average Bonchev–Trinajstić information content (AvgIpc) is 3.35. The molecule has 1 unspecified atom stereocenters. The number of nitrogens with one attached hydrogen (secondary N) is 3. The predicted octanol–water partition coefficient (Wildman–Crippen LogP) is 3.98. The monoisotopic (exact) mass is 427 g/mol. The lowest BCUT2D eigenvalue weighted by Crippen LogP contribution is -2.37. The molecule has 2 heterocycles. The Hall–Kier alpha value is -3.97. The summed E-state index contributed by atoms with van der Waals surface area (Å²) >= 11 is 0. The zero-order valence-corrected chi connectivity index (χ0v) is 17.5. The van der Waals surface area contributed by atoms with E-state index in [-0.39, 0.29) is 11.6 Å². The van der Waals surface area contributed by atoms with Crippen LogP contribution < -0.4 is 10.6 Å². The van der Waals surface area contributed by atoms with E-state index >= 15 is 0 Å². The number of aromatic amines is 1. The first-order valence-corrected chi connectivity index (χ1v) is 10.4. The zero-order valence-electron chi connectivity index (χ0n) is 17.5. The van der Waals surface area contributed by atoms with Crippen LogP contribution in [0.2, 0.25) is 0 Å². The molecule has 0 saturated heterocycles. The average molecular weight is 428 g/mol. The summed E-state index contributed by atoms with van der Waals surface area (Å²) in [5.41, 5.74) is 5.07. The fourth-order valence-electron chi connectivity index (χ4n) is 3.56. The van der Waals surface area contributed by atoms with Crippen LogP contribution in [0.3, 0.4) is 0 Å². The van der Waals surface area contributed by atoms with Crippen molar-refractivity contribution in [3.05, 3.63) is 102 Å². The number of H-pyrrole nitrogens is 1. The first kappa shape index (κ1) is 21.3. The van der Waals surface area contributed by atoms with Crippen molar-refractivity contribution < 1.29 is 9.90 Å². The second-order valence-corrected chi connectivity index (χ2v) is 7.60. The van der Waals surface area contributed by atoms with Gasteiger partial charge in [-0.25, -0.2) is 4.79 Å². The van der Waals surface area contributed by atoms with Crippen LogP contribution in [0.25, 0.3) is 11.1 Å². The molecule has 4 rings (SSSR count). The summed E-state index contributed by atoms with van der Waals surface area (Å²) in [6.45, 7) is 1.32. The van der Waals surface area contributed by atoms with Gasteiger partial charge in [-0.2, -0.15) is 5.10 Å². The molecule has 0 saturated carbocycles. The number of aromatic nitrogens is 3. The van der Waals surface area contributed by atoms with Crippen molar-refractivity contribution in [2.45, 2.75) is 19.0 Å². The molecule has 4 N–H and O–H groups in total. The smallest absolute Gasteiger partial charge is 0.335 e. The van der Waals surface area contributed by atoms with Gasteiger partial charge >= 0.3 is 5.97 Å². The Morgan fingerprint density at radius 2 is 1.81 bits per heavy atom. The van der Waals surface area contributed by atoms with Crippen LogP contribution in [0.15, 0.2) is 85.5 Å². The van der Waals surface area contributed by atoms with Gasteiger partial charge in [0, 0.05) is 49.0 Å². The number of benzene rings is 2. The van der Waals surface area contributed by atoms with Crippen LogP contribution in [-0.2, 0) is 13.0 Å². The first-order valence-electron chi connectivity index (χ1n) is 10.4. The van der Waals surface area contributed by atoms with Crippen molar-refractivity contribution in [1.29, 1.82) is 0 Å². The number of hydrogen-bond donors (Lipinski definition) is 4. The Balaban J connectivity index is 1.51. The third-order valence-corrected chi connectivity index (χ3v) is 5.22. The van der Waals surface area contributed by atoms with E-state index in [1.54, 1.807) is 30.7 Å². The van der Waals surface area contributed by atoms with Crippen LogP contribution in [0.1, 0.15) is 21.5 Å². The third kappa shape index (κ3) is 5.80. The minimum absolute atomic E-state index is 0.130. The largest absolute Gasteiger partial charge is 0.478 e. The van der Waals surface area contributed by atoms with Crippen LogP contribution in [0.4, 0.5) is 5.69 Å². The van der Waals surface area contributed by atoms with Crippen molar-refractivity contribution in [2.75, 3.05) is 11.9 Å². The van der Waals surface area contributed by atoms with Gasteiger partial charge in [0.15, 0.2) is 0 Å². The maximum absolute atomic E-state index is 11.7. The molecule has 0 aliphatic heterocycles. The Labute approximate surface area is 186 Å². The molecule has 0 aliphatic carbocycles. The lowest BCUT2D eigenvalue weighted by molar-refractivity contribution is 0.0697. The third-order valence-electron chi connectivity index (χ3n) is 5.22. The molecule has 7 nitrogen and oxygen atoms in total. The molecular weight excluding hydrogens is 402 g/mol. The first-order chi connectivity index (χ1) is 15.7. The topological polar surface area (TPSA) is 103 Å². The summed E-state index contributed by atoms with van der Waals surface area (Å²) in [5.74, 6) is -0.956. The van der Waals surface area contributed by atoms with Crippen LogP contribution >= 0.6 is 0 Å². The molecule has 0 fully saturated rings. The number of pyridine rings is 1. The normalized spacial score (nSPS) is 11.8. The molecule has 0 spiro atoms. The number of rotatable bonds is 10. The number of aromatic carboxylic acids is 1. The number of carbonyl (C=O) groups is 1. The molecule has 4 aromatic rings. The minimum Gasteiger partial charge on any atom is -0.478 e. The zero-order chi connectivity index (χ0) is 22.2. The van der Waals surface area contributed by atoms with Crippen molar-refractivity contribution in [2.24, 2.45) is 0 Å². The SMILES string of the molecule is O=C(O)c1cc(NCC(Cc2ccccc2)NCc2cn[nH]c2)cc(-c2ccncc2)c1. The second-order valence-electron chi connectivity index (χ2n) is 7.60. The lowest BCUT2D eigenvalue weighted by Gasteiger charge is -2.20. The Kier molecular flexibility index (Phi) is 6.89. The predicted molar refractivity (Wildman–Crippen MR) is 124 cm³/mol. The minimum atomic E-state index is -0.956. The van der Waals surface area contributed by atoms with Gasteiger partial charge in [0.2, 0.25) is 0 Å². The van der Waals surface area contributed by atoms with E-state index in [1.165, 1.54) is 5.56 Å². The molecule has 2 aromatic carbocycles. The van der Waals surface area contributed by atoms with E-state index in [0.717, 1.165) is 28.8 Å². The Bertz CT molecular complexity index is 1130. The fraction of sp³-hybridized carbons (Fsp3) is 0.160. The quantitative estimate of drug-likeness (QED) is 0.305. The highest BCUT2D eigenvalue weighted by Gasteiger charge is 2.13. The van der Waals surface area contributed by atoms with Crippen LogP contribution in [0.5, 0.6) is 0 Å². The van der Waals surface area contributed by atoms with Gasteiger partial charge in [0.25, 0.3) is 0 Å². The second kappa shape index (κ2) is 10.4. The van der Waals surface area contributed by atoms with E-state index in [0.29, 0.717) is 13.1 Å². The number of nitrogens with zero attached hydrogens (tertiary/aromatic N) is 2. The van der Waals surface area contributed by atoms with Gasteiger partial charge in [0.05, 0.1) is 11.8 Å².